The lowest BCUT2D eigenvalue weighted by molar-refractivity contribution is 0.100. The van der Waals surface area contributed by atoms with Crippen molar-refractivity contribution in [2.45, 2.75) is 58.9 Å². The summed E-state index contributed by atoms with van der Waals surface area (Å²) in [6, 6.07) is 8.10. The summed E-state index contributed by atoms with van der Waals surface area (Å²) in [7, 11) is 0. The molecule has 140 valence electrons. The lowest BCUT2D eigenvalue weighted by Gasteiger charge is -2.41. The van der Waals surface area contributed by atoms with Crippen molar-refractivity contribution >= 4 is 27.7 Å². The number of aryl methyl sites for hydroxylation is 1. The fourth-order valence-electron chi connectivity index (χ4n) is 3.24. The first kappa shape index (κ1) is 20.4. The highest BCUT2D eigenvalue weighted by molar-refractivity contribution is 9.10. The Morgan fingerprint density at radius 2 is 1.92 bits per heavy atom. The molecule has 1 fully saturated rings. The largest absolute Gasteiger partial charge is 0.386 e. The number of aliphatic imine (C=N–C) groups is 1. The number of hydrogen-bond donors (Lipinski definition) is 1. The summed E-state index contributed by atoms with van der Waals surface area (Å²) in [5.74, 6) is 0.0952. The van der Waals surface area contributed by atoms with Crippen LogP contribution in [-0.2, 0) is 12.0 Å². The van der Waals surface area contributed by atoms with Crippen LogP contribution in [0.5, 0.6) is 0 Å². The van der Waals surface area contributed by atoms with Crippen molar-refractivity contribution in [1.29, 1.82) is 0 Å². The van der Waals surface area contributed by atoms with Gasteiger partial charge in [0.25, 0.3) is 5.91 Å². The second-order valence-corrected chi connectivity index (χ2v) is 7.12. The number of benzene rings is 1. The standard InChI is InChI=1S/C18H21BrN4O.C2H6/c1-3-23-12(2)15(11-21-23)16(24)22-17(20)18(9-4-10-18)13-5-7-14(19)8-6-13;1-2/h5-8,11H,3-4,9-10H2,1-2H3,(H2,20,22,24);1-2H3. The Kier molecular flexibility index (Phi) is 6.75. The summed E-state index contributed by atoms with van der Waals surface area (Å²) in [4.78, 5) is 16.8. The van der Waals surface area contributed by atoms with Crippen molar-refractivity contribution in [2.75, 3.05) is 0 Å². The molecule has 1 amide bonds. The van der Waals surface area contributed by atoms with Gasteiger partial charge in [0.2, 0.25) is 0 Å². The third-order valence-electron chi connectivity index (χ3n) is 4.95. The first-order valence-electron chi connectivity index (χ1n) is 9.15. The number of halogens is 1. The lowest BCUT2D eigenvalue weighted by Crippen LogP contribution is -2.47. The van der Waals surface area contributed by atoms with E-state index in [1.807, 2.05) is 39.8 Å². The van der Waals surface area contributed by atoms with Crippen LogP contribution in [0, 0.1) is 6.92 Å². The van der Waals surface area contributed by atoms with Crippen molar-refractivity contribution in [1.82, 2.24) is 9.78 Å². The Morgan fingerprint density at radius 3 is 2.38 bits per heavy atom. The number of amidine groups is 1. The summed E-state index contributed by atoms with van der Waals surface area (Å²) in [5, 5.41) is 4.21. The molecule has 6 heteroatoms. The minimum atomic E-state index is -0.314. The van der Waals surface area contributed by atoms with Crippen molar-refractivity contribution < 1.29 is 4.79 Å². The molecule has 1 heterocycles. The molecule has 2 aromatic rings. The van der Waals surface area contributed by atoms with Gasteiger partial charge in [-0.2, -0.15) is 10.1 Å². The van der Waals surface area contributed by atoms with E-state index in [2.05, 4.69) is 38.2 Å². The van der Waals surface area contributed by atoms with E-state index < -0.39 is 0 Å². The first-order chi connectivity index (χ1) is 12.5. The van der Waals surface area contributed by atoms with E-state index in [1.54, 1.807) is 10.9 Å². The van der Waals surface area contributed by atoms with E-state index in [4.69, 9.17) is 5.73 Å². The van der Waals surface area contributed by atoms with Crippen LogP contribution < -0.4 is 5.73 Å². The summed E-state index contributed by atoms with van der Waals surface area (Å²) >= 11 is 3.45. The van der Waals surface area contributed by atoms with E-state index in [-0.39, 0.29) is 11.3 Å². The number of carbonyl (C=O) groups excluding carboxylic acids is 1. The molecule has 26 heavy (non-hydrogen) atoms. The summed E-state index contributed by atoms with van der Waals surface area (Å²) < 4.78 is 2.81. The molecule has 0 bridgehead atoms. The Balaban J connectivity index is 0.00000117. The molecular formula is C20H27BrN4O. The van der Waals surface area contributed by atoms with E-state index in [0.29, 0.717) is 11.4 Å². The molecule has 0 unspecified atom stereocenters. The number of rotatable bonds is 4. The van der Waals surface area contributed by atoms with Gasteiger partial charge < -0.3 is 5.73 Å². The number of amides is 1. The van der Waals surface area contributed by atoms with Crippen LogP contribution in [0.15, 0.2) is 39.9 Å². The zero-order valence-electron chi connectivity index (χ0n) is 15.9. The molecule has 1 aliphatic carbocycles. The van der Waals surface area contributed by atoms with Gasteiger partial charge >= 0.3 is 0 Å². The molecule has 0 atom stereocenters. The molecular weight excluding hydrogens is 392 g/mol. The average Bonchev–Trinajstić information content (AvgIpc) is 2.98. The van der Waals surface area contributed by atoms with Crippen LogP contribution in [0.4, 0.5) is 0 Å². The van der Waals surface area contributed by atoms with Gasteiger partial charge in [-0.05, 0) is 44.4 Å². The fourth-order valence-corrected chi connectivity index (χ4v) is 3.51. The molecule has 0 spiro atoms. The monoisotopic (exact) mass is 418 g/mol. The van der Waals surface area contributed by atoms with Gasteiger partial charge in [-0.3, -0.25) is 9.48 Å². The maximum atomic E-state index is 12.5. The van der Waals surface area contributed by atoms with Gasteiger partial charge in [0.05, 0.1) is 17.2 Å². The predicted molar refractivity (Wildman–Crippen MR) is 110 cm³/mol. The second-order valence-electron chi connectivity index (χ2n) is 6.20. The molecule has 0 radical (unpaired) electrons. The number of nitrogens with zero attached hydrogens (tertiary/aromatic N) is 3. The minimum Gasteiger partial charge on any atom is -0.386 e. The molecule has 5 nitrogen and oxygen atoms in total. The molecule has 1 aromatic heterocycles. The smallest absolute Gasteiger partial charge is 0.282 e. The zero-order chi connectivity index (χ0) is 19.3. The van der Waals surface area contributed by atoms with Crippen molar-refractivity contribution in [3.63, 3.8) is 0 Å². The molecule has 1 aliphatic rings. The highest BCUT2D eigenvalue weighted by Gasteiger charge is 2.42. The Bertz CT molecular complexity index is 789. The van der Waals surface area contributed by atoms with Gasteiger partial charge in [-0.1, -0.05) is 48.3 Å². The third kappa shape index (κ3) is 3.75. The first-order valence-corrected chi connectivity index (χ1v) is 9.94. The SMILES string of the molecule is CC.CCn1ncc(C(=O)N=C(N)C2(c3ccc(Br)cc3)CCC2)c1C. The van der Waals surface area contributed by atoms with Gasteiger partial charge in [0, 0.05) is 16.7 Å². The van der Waals surface area contributed by atoms with Crippen LogP contribution >= 0.6 is 15.9 Å². The lowest BCUT2D eigenvalue weighted by atomic mass is 9.63. The number of carbonyl (C=O) groups is 1. The molecule has 2 N–H and O–H groups in total. The summed E-state index contributed by atoms with van der Waals surface area (Å²) in [5.41, 5.74) is 8.45. The van der Waals surface area contributed by atoms with E-state index in [1.165, 1.54) is 0 Å². The molecule has 1 saturated carbocycles. The van der Waals surface area contributed by atoms with Gasteiger partial charge in [-0.25, -0.2) is 0 Å². The molecule has 0 aliphatic heterocycles. The normalized spacial score (nSPS) is 15.7. The van der Waals surface area contributed by atoms with Crippen molar-refractivity contribution in [2.24, 2.45) is 10.7 Å². The highest BCUT2D eigenvalue weighted by atomic mass is 79.9. The van der Waals surface area contributed by atoms with Gasteiger partial charge in [-0.15, -0.1) is 0 Å². The van der Waals surface area contributed by atoms with Crippen molar-refractivity contribution in [3.05, 3.63) is 51.8 Å². The summed E-state index contributed by atoms with van der Waals surface area (Å²) in [6.45, 7) is 8.59. The van der Waals surface area contributed by atoms with Crippen LogP contribution in [0.3, 0.4) is 0 Å². The summed E-state index contributed by atoms with van der Waals surface area (Å²) in [6.07, 6.45) is 4.51. The fraction of sp³-hybridized carbons (Fsp3) is 0.450. The highest BCUT2D eigenvalue weighted by Crippen LogP contribution is 2.44. The van der Waals surface area contributed by atoms with Crippen LogP contribution in [0.1, 0.15) is 61.6 Å². The van der Waals surface area contributed by atoms with Gasteiger partial charge in [0.15, 0.2) is 0 Å². The van der Waals surface area contributed by atoms with E-state index >= 15 is 0 Å². The van der Waals surface area contributed by atoms with Gasteiger partial charge in [0.1, 0.15) is 5.84 Å². The van der Waals surface area contributed by atoms with Crippen LogP contribution in [-0.4, -0.2) is 21.5 Å². The number of aromatic nitrogens is 2. The topological polar surface area (TPSA) is 73.3 Å². The Hall–Kier alpha value is -1.95. The third-order valence-corrected chi connectivity index (χ3v) is 5.48. The van der Waals surface area contributed by atoms with Crippen molar-refractivity contribution in [3.8, 4) is 0 Å². The maximum absolute atomic E-state index is 12.5. The molecule has 1 aromatic carbocycles. The molecule has 3 rings (SSSR count). The average molecular weight is 419 g/mol. The van der Waals surface area contributed by atoms with E-state index in [9.17, 15) is 4.79 Å². The Morgan fingerprint density at radius 1 is 1.31 bits per heavy atom. The maximum Gasteiger partial charge on any atom is 0.282 e. The quantitative estimate of drug-likeness (QED) is 0.581. The van der Waals surface area contributed by atoms with Crippen LogP contribution in [0.2, 0.25) is 0 Å². The number of nitrogens with two attached hydrogens (primary N) is 1. The second kappa shape index (κ2) is 8.62. The predicted octanol–water partition coefficient (Wildman–Crippen LogP) is 4.62. The zero-order valence-corrected chi connectivity index (χ0v) is 17.5. The Labute approximate surface area is 163 Å². The number of hydrogen-bond acceptors (Lipinski definition) is 2. The molecule has 0 saturated heterocycles. The van der Waals surface area contributed by atoms with E-state index in [0.717, 1.165) is 41.5 Å². The minimum absolute atomic E-state index is 0.312. The van der Waals surface area contributed by atoms with Crippen LogP contribution in [0.25, 0.3) is 0 Å².